The Bertz CT molecular complexity index is 1040. The molecule has 0 aliphatic carbocycles. The van der Waals surface area contributed by atoms with Crippen molar-refractivity contribution in [2.75, 3.05) is 12.4 Å². The van der Waals surface area contributed by atoms with Crippen molar-refractivity contribution in [3.05, 3.63) is 70.1 Å². The number of hydrogen-bond donors (Lipinski definition) is 2. The second-order valence-corrected chi connectivity index (χ2v) is 5.13. The number of phenolic OH excluding ortho intramolecular Hbond substituents is 1. The van der Waals surface area contributed by atoms with Crippen LogP contribution >= 0.6 is 0 Å². The average Bonchev–Trinajstić information content (AvgIpc) is 2.62. The number of carbonyl (C=O) groups excluding carboxylic acids is 2. The van der Waals surface area contributed by atoms with Crippen LogP contribution in [0, 0.1) is 0 Å². The summed E-state index contributed by atoms with van der Waals surface area (Å²) in [5.74, 6) is -1.97. The molecule has 7 heteroatoms. The van der Waals surface area contributed by atoms with Crippen molar-refractivity contribution in [2.24, 2.45) is 0 Å². The maximum Gasteiger partial charge on any atom is 0.349 e. The number of para-hydroxylation sites is 2. The monoisotopic (exact) mass is 339 g/mol. The summed E-state index contributed by atoms with van der Waals surface area (Å²) in [6, 6.07) is 12.4. The Morgan fingerprint density at radius 1 is 1.08 bits per heavy atom. The molecule has 0 aliphatic heterocycles. The van der Waals surface area contributed by atoms with Gasteiger partial charge in [-0.1, -0.05) is 24.3 Å². The number of methoxy groups -OCH3 is 1. The zero-order valence-electron chi connectivity index (χ0n) is 13.1. The zero-order valence-corrected chi connectivity index (χ0v) is 13.1. The van der Waals surface area contributed by atoms with Crippen molar-refractivity contribution < 1.29 is 23.8 Å². The van der Waals surface area contributed by atoms with Gasteiger partial charge in [0.1, 0.15) is 16.7 Å². The Kier molecular flexibility index (Phi) is 4.21. The molecule has 2 aromatic carbocycles. The Labute approximate surface area is 141 Å². The lowest BCUT2D eigenvalue weighted by molar-refractivity contribution is 0.0597. The average molecular weight is 339 g/mol. The number of benzene rings is 2. The number of amides is 1. The molecule has 0 fully saturated rings. The summed E-state index contributed by atoms with van der Waals surface area (Å²) in [7, 11) is 1.17. The van der Waals surface area contributed by atoms with Gasteiger partial charge in [-0.25, -0.2) is 9.59 Å². The van der Waals surface area contributed by atoms with Crippen molar-refractivity contribution in [3.8, 4) is 5.75 Å². The number of hydrogen-bond acceptors (Lipinski definition) is 6. The fourth-order valence-electron chi connectivity index (χ4n) is 2.33. The van der Waals surface area contributed by atoms with E-state index in [0.29, 0.717) is 11.0 Å². The van der Waals surface area contributed by atoms with Crippen LogP contribution in [0.3, 0.4) is 0 Å². The van der Waals surface area contributed by atoms with Gasteiger partial charge in [-0.15, -0.1) is 0 Å². The summed E-state index contributed by atoms with van der Waals surface area (Å²) in [5.41, 5.74) is -0.799. The smallest absolute Gasteiger partial charge is 0.349 e. The fourth-order valence-corrected chi connectivity index (χ4v) is 2.33. The SMILES string of the molecule is COC(=O)c1cccc(NC(=O)c2cc3ccccc3oc2=O)c1O. The van der Waals surface area contributed by atoms with Crippen LogP contribution in [0.1, 0.15) is 20.7 Å². The number of esters is 1. The van der Waals surface area contributed by atoms with E-state index >= 15 is 0 Å². The first-order chi connectivity index (χ1) is 12.0. The molecule has 0 atom stereocenters. The van der Waals surface area contributed by atoms with Crippen molar-refractivity contribution in [3.63, 3.8) is 0 Å². The zero-order chi connectivity index (χ0) is 18.0. The molecular weight excluding hydrogens is 326 g/mol. The Morgan fingerprint density at radius 2 is 1.84 bits per heavy atom. The highest BCUT2D eigenvalue weighted by atomic mass is 16.5. The van der Waals surface area contributed by atoms with Crippen LogP contribution in [0.15, 0.2) is 57.7 Å². The van der Waals surface area contributed by atoms with Gasteiger partial charge in [0.25, 0.3) is 5.91 Å². The fraction of sp³-hybridized carbons (Fsp3) is 0.0556. The second-order valence-electron chi connectivity index (χ2n) is 5.13. The first-order valence-corrected chi connectivity index (χ1v) is 7.26. The number of aromatic hydroxyl groups is 1. The molecule has 3 aromatic rings. The van der Waals surface area contributed by atoms with Gasteiger partial charge in [-0.3, -0.25) is 4.79 Å². The van der Waals surface area contributed by atoms with E-state index in [1.165, 1.54) is 31.4 Å². The second kappa shape index (κ2) is 6.48. The molecule has 0 radical (unpaired) electrons. The van der Waals surface area contributed by atoms with E-state index in [1.54, 1.807) is 24.3 Å². The predicted molar refractivity (Wildman–Crippen MR) is 89.9 cm³/mol. The lowest BCUT2D eigenvalue weighted by Gasteiger charge is -2.09. The van der Waals surface area contributed by atoms with E-state index in [2.05, 4.69) is 10.1 Å². The number of anilines is 1. The third kappa shape index (κ3) is 3.07. The molecule has 3 rings (SSSR count). The highest BCUT2D eigenvalue weighted by molar-refractivity contribution is 6.07. The van der Waals surface area contributed by atoms with E-state index in [9.17, 15) is 19.5 Å². The Hall–Kier alpha value is -3.61. The van der Waals surface area contributed by atoms with Gasteiger partial charge in [0, 0.05) is 5.39 Å². The normalized spacial score (nSPS) is 10.4. The number of phenols is 1. The van der Waals surface area contributed by atoms with Crippen LogP contribution < -0.4 is 10.9 Å². The Balaban J connectivity index is 1.97. The molecule has 1 amide bonds. The molecule has 0 aliphatic rings. The third-order valence-corrected chi connectivity index (χ3v) is 3.58. The van der Waals surface area contributed by atoms with E-state index in [1.807, 2.05) is 0 Å². The number of rotatable bonds is 3. The quantitative estimate of drug-likeness (QED) is 0.431. The number of nitrogens with one attached hydrogen (secondary N) is 1. The van der Waals surface area contributed by atoms with Crippen LogP contribution in [-0.4, -0.2) is 24.1 Å². The lowest BCUT2D eigenvalue weighted by atomic mass is 10.1. The summed E-state index contributed by atoms with van der Waals surface area (Å²) in [5, 5.41) is 13.1. The van der Waals surface area contributed by atoms with Gasteiger partial charge in [-0.2, -0.15) is 0 Å². The highest BCUT2D eigenvalue weighted by Crippen LogP contribution is 2.28. The predicted octanol–water partition coefficient (Wildman–Crippen LogP) is 2.54. The maximum absolute atomic E-state index is 12.4. The number of ether oxygens (including phenoxy) is 1. The standard InChI is InChI=1S/C18H13NO6/c1-24-17(22)11-6-4-7-13(15(11)20)19-16(21)12-9-10-5-2-3-8-14(10)25-18(12)23/h2-9,20H,1H3,(H,19,21). The lowest BCUT2D eigenvalue weighted by Crippen LogP contribution is -2.21. The van der Waals surface area contributed by atoms with E-state index in [4.69, 9.17) is 4.42 Å². The summed E-state index contributed by atoms with van der Waals surface area (Å²) in [4.78, 5) is 36.0. The number of fused-ring (bicyclic) bond motifs is 1. The van der Waals surface area contributed by atoms with Crippen molar-refractivity contribution >= 4 is 28.5 Å². The van der Waals surface area contributed by atoms with Crippen LogP contribution in [0.25, 0.3) is 11.0 Å². The van der Waals surface area contributed by atoms with Gasteiger partial charge in [0.15, 0.2) is 5.75 Å². The molecule has 1 aromatic heterocycles. The molecule has 0 spiro atoms. The highest BCUT2D eigenvalue weighted by Gasteiger charge is 2.19. The minimum absolute atomic E-state index is 0.0274. The minimum atomic E-state index is -0.806. The molecule has 7 nitrogen and oxygen atoms in total. The van der Waals surface area contributed by atoms with Gasteiger partial charge >= 0.3 is 11.6 Å². The number of carbonyl (C=O) groups is 2. The third-order valence-electron chi connectivity index (χ3n) is 3.58. The summed E-state index contributed by atoms with van der Waals surface area (Å²) in [6.45, 7) is 0. The first-order valence-electron chi connectivity index (χ1n) is 7.26. The van der Waals surface area contributed by atoms with Crippen LogP contribution in [-0.2, 0) is 4.74 Å². The molecule has 0 unspecified atom stereocenters. The van der Waals surface area contributed by atoms with Crippen LogP contribution in [0.4, 0.5) is 5.69 Å². The van der Waals surface area contributed by atoms with Gasteiger partial charge in [0.2, 0.25) is 0 Å². The van der Waals surface area contributed by atoms with Crippen molar-refractivity contribution in [1.82, 2.24) is 0 Å². The van der Waals surface area contributed by atoms with E-state index in [0.717, 1.165) is 0 Å². The van der Waals surface area contributed by atoms with Crippen LogP contribution in [0.2, 0.25) is 0 Å². The molecule has 0 saturated heterocycles. The first kappa shape index (κ1) is 16.3. The maximum atomic E-state index is 12.4. The molecule has 126 valence electrons. The van der Waals surface area contributed by atoms with E-state index < -0.39 is 23.3 Å². The van der Waals surface area contributed by atoms with Gasteiger partial charge in [0.05, 0.1) is 12.8 Å². The van der Waals surface area contributed by atoms with Gasteiger partial charge < -0.3 is 19.6 Å². The molecule has 0 saturated carbocycles. The largest absolute Gasteiger partial charge is 0.505 e. The Morgan fingerprint density at radius 3 is 2.60 bits per heavy atom. The molecule has 25 heavy (non-hydrogen) atoms. The minimum Gasteiger partial charge on any atom is -0.505 e. The molecular formula is C18H13NO6. The van der Waals surface area contributed by atoms with Crippen LogP contribution in [0.5, 0.6) is 5.75 Å². The molecule has 1 heterocycles. The van der Waals surface area contributed by atoms with E-state index in [-0.39, 0.29) is 16.8 Å². The topological polar surface area (TPSA) is 106 Å². The summed E-state index contributed by atoms with van der Waals surface area (Å²) in [6.07, 6.45) is 0. The van der Waals surface area contributed by atoms with Crippen molar-refractivity contribution in [2.45, 2.75) is 0 Å². The molecule has 2 N–H and O–H groups in total. The van der Waals surface area contributed by atoms with Crippen molar-refractivity contribution in [1.29, 1.82) is 0 Å². The summed E-state index contributed by atoms with van der Waals surface area (Å²) >= 11 is 0. The molecule has 0 bridgehead atoms. The van der Waals surface area contributed by atoms with Gasteiger partial charge in [-0.05, 0) is 24.3 Å². The summed E-state index contributed by atoms with van der Waals surface area (Å²) < 4.78 is 9.66.